The minimum atomic E-state index is 0.481. The summed E-state index contributed by atoms with van der Waals surface area (Å²) < 4.78 is 7.88. The Morgan fingerprint density at radius 1 is 0.969 bits per heavy atom. The maximum absolute atomic E-state index is 6.31. The Balaban J connectivity index is 1.47. The van der Waals surface area contributed by atoms with Gasteiger partial charge in [-0.2, -0.15) is 5.10 Å². The number of nitrogens with two attached hydrogens (primary N) is 1. The van der Waals surface area contributed by atoms with E-state index in [9.17, 15) is 0 Å². The van der Waals surface area contributed by atoms with E-state index < -0.39 is 0 Å². The van der Waals surface area contributed by atoms with Crippen LogP contribution in [-0.4, -0.2) is 52.7 Å². The summed E-state index contributed by atoms with van der Waals surface area (Å²) in [7, 11) is 4.31. The molecule has 1 aliphatic heterocycles. The van der Waals surface area contributed by atoms with Crippen LogP contribution in [-0.2, 0) is 0 Å². The monoisotopic (exact) mass is 428 g/mol. The van der Waals surface area contributed by atoms with Gasteiger partial charge in [-0.15, -0.1) is 0 Å². The third-order valence-corrected chi connectivity index (χ3v) is 6.23. The van der Waals surface area contributed by atoms with Crippen molar-refractivity contribution in [3.05, 3.63) is 67.0 Å². The number of anilines is 2. The number of nitrogens with zero attached hydrogens (tertiary/aromatic N) is 5. The standard InChI is InChI=1S/C25H28N6O/c1-29(2)19-12-14-30(15-13-19)23-16-22(24-25(26)27-17-28-31(23)24)18-8-10-21(11-9-18)32-20-6-4-3-5-7-20/h3-11,16-17,19H,12-15H2,1-2H3,(H2,26,27,28). The second kappa shape index (κ2) is 8.51. The number of benzene rings is 2. The Labute approximate surface area is 188 Å². The molecule has 5 rings (SSSR count). The van der Waals surface area contributed by atoms with E-state index in [1.165, 1.54) is 6.33 Å². The van der Waals surface area contributed by atoms with Gasteiger partial charge in [-0.1, -0.05) is 30.3 Å². The van der Waals surface area contributed by atoms with Crippen LogP contribution in [0.2, 0.25) is 0 Å². The van der Waals surface area contributed by atoms with Crippen molar-refractivity contribution >= 4 is 17.2 Å². The average molecular weight is 429 g/mol. The first-order valence-corrected chi connectivity index (χ1v) is 11.0. The minimum absolute atomic E-state index is 0.481. The number of piperidine rings is 1. The Bertz CT molecular complexity index is 1190. The number of nitrogen functional groups attached to an aromatic ring is 1. The highest BCUT2D eigenvalue weighted by molar-refractivity contribution is 5.91. The van der Waals surface area contributed by atoms with E-state index in [1.54, 1.807) is 0 Å². The van der Waals surface area contributed by atoms with E-state index in [1.807, 2.05) is 47.0 Å². The summed E-state index contributed by atoms with van der Waals surface area (Å²) in [6.07, 6.45) is 3.78. The predicted molar refractivity (Wildman–Crippen MR) is 128 cm³/mol. The summed E-state index contributed by atoms with van der Waals surface area (Å²) >= 11 is 0. The summed E-state index contributed by atoms with van der Waals surface area (Å²) in [4.78, 5) is 8.97. The molecule has 0 atom stereocenters. The molecule has 0 radical (unpaired) electrons. The first kappa shape index (κ1) is 20.3. The molecule has 0 unspecified atom stereocenters. The number of hydrogen-bond acceptors (Lipinski definition) is 6. The summed E-state index contributed by atoms with van der Waals surface area (Å²) in [6, 6.07) is 20.7. The molecule has 0 bridgehead atoms. The maximum Gasteiger partial charge on any atom is 0.152 e. The van der Waals surface area contributed by atoms with Crippen molar-refractivity contribution in [2.24, 2.45) is 0 Å². The lowest BCUT2D eigenvalue weighted by Crippen LogP contribution is -2.42. The first-order valence-electron chi connectivity index (χ1n) is 11.0. The molecule has 7 heteroatoms. The topological polar surface area (TPSA) is 71.9 Å². The van der Waals surface area contributed by atoms with Crippen LogP contribution in [0.25, 0.3) is 16.6 Å². The normalized spacial score (nSPS) is 14.9. The molecule has 3 heterocycles. The van der Waals surface area contributed by atoms with Gasteiger partial charge in [-0.05, 0) is 62.8 Å². The molecular weight excluding hydrogens is 400 g/mol. The van der Waals surface area contributed by atoms with Gasteiger partial charge in [0.25, 0.3) is 0 Å². The van der Waals surface area contributed by atoms with E-state index in [4.69, 9.17) is 10.5 Å². The fourth-order valence-corrected chi connectivity index (χ4v) is 4.44. The van der Waals surface area contributed by atoms with Gasteiger partial charge in [0.1, 0.15) is 29.2 Å². The van der Waals surface area contributed by atoms with Gasteiger partial charge >= 0.3 is 0 Å². The lowest BCUT2D eigenvalue weighted by Gasteiger charge is -2.35. The molecule has 1 fully saturated rings. The smallest absolute Gasteiger partial charge is 0.152 e. The second-order valence-corrected chi connectivity index (χ2v) is 8.44. The number of fused-ring (bicyclic) bond motifs is 1. The summed E-state index contributed by atoms with van der Waals surface area (Å²) in [5.41, 5.74) is 9.23. The molecule has 32 heavy (non-hydrogen) atoms. The van der Waals surface area contributed by atoms with Crippen molar-refractivity contribution in [1.29, 1.82) is 0 Å². The number of aromatic nitrogens is 3. The third-order valence-electron chi connectivity index (χ3n) is 6.23. The molecule has 2 aromatic heterocycles. The molecule has 0 saturated carbocycles. The summed E-state index contributed by atoms with van der Waals surface area (Å²) in [6.45, 7) is 1.98. The molecule has 0 spiro atoms. The number of ether oxygens (including phenoxy) is 1. The fraction of sp³-hybridized carbons (Fsp3) is 0.280. The maximum atomic E-state index is 6.31. The number of rotatable bonds is 5. The third kappa shape index (κ3) is 3.87. The largest absolute Gasteiger partial charge is 0.457 e. The molecule has 2 aromatic carbocycles. The van der Waals surface area contributed by atoms with E-state index in [0.29, 0.717) is 11.9 Å². The average Bonchev–Trinajstić information content (AvgIpc) is 3.21. The molecule has 164 valence electrons. The lowest BCUT2D eigenvalue weighted by molar-refractivity contribution is 0.249. The Morgan fingerprint density at radius 2 is 1.66 bits per heavy atom. The van der Waals surface area contributed by atoms with Crippen LogP contribution in [0.1, 0.15) is 12.8 Å². The SMILES string of the molecule is CN(C)C1CCN(c2cc(-c3ccc(Oc4ccccc4)cc3)c3c(N)ncnn23)CC1. The van der Waals surface area contributed by atoms with Crippen molar-refractivity contribution in [1.82, 2.24) is 19.5 Å². The van der Waals surface area contributed by atoms with Crippen LogP contribution in [0.15, 0.2) is 67.0 Å². The van der Waals surface area contributed by atoms with Gasteiger partial charge in [-0.3, -0.25) is 0 Å². The number of para-hydroxylation sites is 1. The molecule has 0 aliphatic carbocycles. The number of hydrogen-bond donors (Lipinski definition) is 1. The van der Waals surface area contributed by atoms with Crippen LogP contribution >= 0.6 is 0 Å². The van der Waals surface area contributed by atoms with Gasteiger partial charge in [0.05, 0.1) is 0 Å². The Kier molecular flexibility index (Phi) is 5.41. The zero-order valence-corrected chi connectivity index (χ0v) is 18.5. The molecular formula is C25H28N6O. The highest BCUT2D eigenvalue weighted by atomic mass is 16.5. The molecule has 2 N–H and O–H groups in total. The minimum Gasteiger partial charge on any atom is -0.457 e. The van der Waals surface area contributed by atoms with Crippen LogP contribution in [0.3, 0.4) is 0 Å². The molecule has 0 amide bonds. The van der Waals surface area contributed by atoms with Crippen molar-refractivity contribution in [3.8, 4) is 22.6 Å². The van der Waals surface area contributed by atoms with E-state index in [-0.39, 0.29) is 0 Å². The van der Waals surface area contributed by atoms with Crippen LogP contribution in [0.4, 0.5) is 11.6 Å². The molecule has 4 aromatic rings. The zero-order chi connectivity index (χ0) is 22.1. The summed E-state index contributed by atoms with van der Waals surface area (Å²) in [5.74, 6) is 3.15. The highest BCUT2D eigenvalue weighted by Gasteiger charge is 2.25. The van der Waals surface area contributed by atoms with E-state index in [0.717, 1.165) is 59.9 Å². The second-order valence-electron chi connectivity index (χ2n) is 8.44. The summed E-state index contributed by atoms with van der Waals surface area (Å²) in [5, 5.41) is 4.54. The van der Waals surface area contributed by atoms with Gasteiger partial charge in [-0.25, -0.2) is 9.50 Å². The zero-order valence-electron chi connectivity index (χ0n) is 18.5. The van der Waals surface area contributed by atoms with Gasteiger partial charge in [0.15, 0.2) is 5.82 Å². The molecule has 7 nitrogen and oxygen atoms in total. The van der Waals surface area contributed by atoms with Gasteiger partial charge in [0, 0.05) is 24.7 Å². The van der Waals surface area contributed by atoms with Crippen LogP contribution in [0.5, 0.6) is 11.5 Å². The Morgan fingerprint density at radius 3 is 2.34 bits per heavy atom. The Hall–Kier alpha value is -3.58. The molecule has 1 saturated heterocycles. The van der Waals surface area contributed by atoms with E-state index in [2.05, 4.69) is 52.2 Å². The van der Waals surface area contributed by atoms with Crippen LogP contribution in [0, 0.1) is 0 Å². The predicted octanol–water partition coefficient (Wildman–Crippen LogP) is 4.30. The van der Waals surface area contributed by atoms with Crippen LogP contribution < -0.4 is 15.4 Å². The fourth-order valence-electron chi connectivity index (χ4n) is 4.44. The van der Waals surface area contributed by atoms with Gasteiger partial charge < -0.3 is 20.3 Å². The van der Waals surface area contributed by atoms with Gasteiger partial charge in [0.2, 0.25) is 0 Å². The lowest BCUT2D eigenvalue weighted by atomic mass is 10.0. The molecule has 1 aliphatic rings. The van der Waals surface area contributed by atoms with Crippen molar-refractivity contribution in [2.75, 3.05) is 37.8 Å². The quantitative estimate of drug-likeness (QED) is 0.511. The van der Waals surface area contributed by atoms with E-state index >= 15 is 0 Å². The van der Waals surface area contributed by atoms with Crippen molar-refractivity contribution < 1.29 is 4.74 Å². The van der Waals surface area contributed by atoms with Crippen molar-refractivity contribution in [3.63, 3.8) is 0 Å². The van der Waals surface area contributed by atoms with Crippen molar-refractivity contribution in [2.45, 2.75) is 18.9 Å². The highest BCUT2D eigenvalue weighted by Crippen LogP contribution is 2.36. The first-order chi connectivity index (χ1) is 15.6.